The van der Waals surface area contributed by atoms with Crippen LogP contribution in [0.3, 0.4) is 0 Å². The Kier molecular flexibility index (Phi) is 6.95. The maximum atomic E-state index is 11.8. The van der Waals surface area contributed by atoms with Gasteiger partial charge in [0.1, 0.15) is 5.76 Å². The second-order valence-electron chi connectivity index (χ2n) is 5.12. The van der Waals surface area contributed by atoms with Crippen LogP contribution in [0.5, 0.6) is 11.5 Å². The summed E-state index contributed by atoms with van der Waals surface area (Å²) in [5.41, 5.74) is 0.871. The van der Waals surface area contributed by atoms with E-state index in [4.69, 9.17) is 13.9 Å². The van der Waals surface area contributed by atoms with Gasteiger partial charge in [0.25, 0.3) is 0 Å². The summed E-state index contributed by atoms with van der Waals surface area (Å²) in [6, 6.07) is 9.22. The summed E-state index contributed by atoms with van der Waals surface area (Å²) in [7, 11) is 0. The molecule has 0 saturated heterocycles. The molecule has 0 bridgehead atoms. The molecule has 1 N–H and O–H groups in total. The Morgan fingerprint density at radius 3 is 2.79 bits per heavy atom. The van der Waals surface area contributed by atoms with Crippen LogP contribution in [0.25, 0.3) is 6.08 Å². The van der Waals surface area contributed by atoms with Gasteiger partial charge in [0.2, 0.25) is 5.91 Å². The number of carbonyl (C=O) groups is 1. The SMILES string of the molecule is CCCOc1ccc(C=CC(=O)NCc2ccco2)cc1OCC. The van der Waals surface area contributed by atoms with Crippen molar-refractivity contribution in [3.8, 4) is 11.5 Å². The van der Waals surface area contributed by atoms with Gasteiger partial charge < -0.3 is 19.2 Å². The van der Waals surface area contributed by atoms with E-state index in [0.717, 1.165) is 17.7 Å². The highest BCUT2D eigenvalue weighted by atomic mass is 16.5. The number of benzene rings is 1. The van der Waals surface area contributed by atoms with Crippen LogP contribution >= 0.6 is 0 Å². The normalized spacial score (nSPS) is 10.8. The van der Waals surface area contributed by atoms with E-state index in [-0.39, 0.29) is 5.91 Å². The van der Waals surface area contributed by atoms with Gasteiger partial charge in [-0.15, -0.1) is 0 Å². The van der Waals surface area contributed by atoms with Crippen molar-refractivity contribution in [2.75, 3.05) is 13.2 Å². The van der Waals surface area contributed by atoms with Crippen molar-refractivity contribution in [2.24, 2.45) is 0 Å². The van der Waals surface area contributed by atoms with Crippen LogP contribution in [0.1, 0.15) is 31.6 Å². The zero-order chi connectivity index (χ0) is 17.2. The summed E-state index contributed by atoms with van der Waals surface area (Å²) < 4.78 is 16.4. The summed E-state index contributed by atoms with van der Waals surface area (Å²) in [4.78, 5) is 11.8. The van der Waals surface area contributed by atoms with Gasteiger partial charge in [-0.1, -0.05) is 13.0 Å². The molecule has 0 atom stereocenters. The molecule has 1 aromatic heterocycles. The Balaban J connectivity index is 1.97. The average Bonchev–Trinajstić information content (AvgIpc) is 3.11. The Hall–Kier alpha value is -2.69. The van der Waals surface area contributed by atoms with Gasteiger partial charge in [0.15, 0.2) is 11.5 Å². The largest absolute Gasteiger partial charge is 0.490 e. The van der Waals surface area contributed by atoms with E-state index in [1.807, 2.05) is 31.2 Å². The van der Waals surface area contributed by atoms with E-state index in [0.29, 0.717) is 31.3 Å². The molecule has 128 valence electrons. The first-order valence-corrected chi connectivity index (χ1v) is 8.10. The van der Waals surface area contributed by atoms with Crippen LogP contribution in [0.2, 0.25) is 0 Å². The number of amides is 1. The lowest BCUT2D eigenvalue weighted by Gasteiger charge is -2.12. The predicted octanol–water partition coefficient (Wildman–Crippen LogP) is 3.80. The van der Waals surface area contributed by atoms with Gasteiger partial charge in [0.05, 0.1) is 26.0 Å². The van der Waals surface area contributed by atoms with E-state index < -0.39 is 0 Å². The summed E-state index contributed by atoms with van der Waals surface area (Å²) >= 11 is 0. The highest BCUT2D eigenvalue weighted by Gasteiger charge is 2.05. The second-order valence-corrected chi connectivity index (χ2v) is 5.12. The first-order chi connectivity index (χ1) is 11.7. The summed E-state index contributed by atoms with van der Waals surface area (Å²) in [5, 5.41) is 2.76. The van der Waals surface area contributed by atoms with Gasteiger partial charge >= 0.3 is 0 Å². The molecule has 0 aliphatic rings. The zero-order valence-electron chi connectivity index (χ0n) is 14.1. The molecule has 5 nitrogen and oxygen atoms in total. The molecule has 0 spiro atoms. The molecule has 0 fully saturated rings. The van der Waals surface area contributed by atoms with Crippen molar-refractivity contribution in [1.82, 2.24) is 5.32 Å². The molecule has 24 heavy (non-hydrogen) atoms. The first-order valence-electron chi connectivity index (χ1n) is 8.10. The number of furan rings is 1. The lowest BCUT2D eigenvalue weighted by molar-refractivity contribution is -0.116. The van der Waals surface area contributed by atoms with Crippen molar-refractivity contribution in [1.29, 1.82) is 0 Å². The highest BCUT2D eigenvalue weighted by molar-refractivity contribution is 5.91. The van der Waals surface area contributed by atoms with Gasteiger partial charge in [-0.3, -0.25) is 4.79 Å². The Morgan fingerprint density at radius 2 is 2.08 bits per heavy atom. The average molecular weight is 329 g/mol. The van der Waals surface area contributed by atoms with Crippen molar-refractivity contribution in [3.05, 3.63) is 54.0 Å². The molecular weight excluding hydrogens is 306 g/mol. The Labute approximate surface area is 142 Å². The Bertz CT molecular complexity index is 662. The van der Waals surface area contributed by atoms with Gasteiger partial charge in [-0.25, -0.2) is 0 Å². The van der Waals surface area contributed by atoms with E-state index in [1.165, 1.54) is 6.08 Å². The van der Waals surface area contributed by atoms with Gasteiger partial charge in [-0.05, 0) is 49.2 Å². The molecule has 1 aromatic carbocycles. The predicted molar refractivity (Wildman–Crippen MR) is 93.0 cm³/mol. The summed E-state index contributed by atoms with van der Waals surface area (Å²) in [5.74, 6) is 1.94. The lowest BCUT2D eigenvalue weighted by Crippen LogP contribution is -2.19. The number of hydrogen-bond donors (Lipinski definition) is 1. The minimum absolute atomic E-state index is 0.185. The minimum atomic E-state index is -0.185. The van der Waals surface area contributed by atoms with Crippen molar-refractivity contribution < 1.29 is 18.7 Å². The van der Waals surface area contributed by atoms with E-state index in [9.17, 15) is 4.79 Å². The van der Waals surface area contributed by atoms with E-state index in [2.05, 4.69) is 12.2 Å². The van der Waals surface area contributed by atoms with E-state index >= 15 is 0 Å². The molecular formula is C19H23NO4. The van der Waals surface area contributed by atoms with Crippen LogP contribution < -0.4 is 14.8 Å². The maximum Gasteiger partial charge on any atom is 0.244 e. The molecule has 5 heteroatoms. The third kappa shape index (κ3) is 5.50. The molecule has 0 aliphatic heterocycles. The third-order valence-corrected chi connectivity index (χ3v) is 3.17. The molecule has 2 aromatic rings. The fraction of sp³-hybridized carbons (Fsp3) is 0.316. The van der Waals surface area contributed by atoms with Crippen LogP contribution in [0.15, 0.2) is 47.1 Å². The lowest BCUT2D eigenvalue weighted by atomic mass is 10.2. The van der Waals surface area contributed by atoms with Crippen molar-refractivity contribution in [3.63, 3.8) is 0 Å². The second kappa shape index (κ2) is 9.45. The monoisotopic (exact) mass is 329 g/mol. The van der Waals surface area contributed by atoms with Crippen LogP contribution in [0.4, 0.5) is 0 Å². The molecule has 0 aliphatic carbocycles. The zero-order valence-corrected chi connectivity index (χ0v) is 14.1. The molecule has 2 rings (SSSR count). The summed E-state index contributed by atoms with van der Waals surface area (Å²) in [6.07, 6.45) is 5.74. The fourth-order valence-corrected chi connectivity index (χ4v) is 2.05. The molecule has 0 radical (unpaired) electrons. The molecule has 0 saturated carbocycles. The summed E-state index contributed by atoms with van der Waals surface area (Å²) in [6.45, 7) is 5.54. The third-order valence-electron chi connectivity index (χ3n) is 3.17. The van der Waals surface area contributed by atoms with Crippen LogP contribution in [-0.4, -0.2) is 19.1 Å². The highest BCUT2D eigenvalue weighted by Crippen LogP contribution is 2.29. The number of hydrogen-bond acceptors (Lipinski definition) is 4. The number of ether oxygens (including phenoxy) is 2. The van der Waals surface area contributed by atoms with Crippen molar-refractivity contribution >= 4 is 12.0 Å². The van der Waals surface area contributed by atoms with Gasteiger partial charge in [0, 0.05) is 6.08 Å². The van der Waals surface area contributed by atoms with Gasteiger partial charge in [-0.2, -0.15) is 0 Å². The number of carbonyl (C=O) groups excluding carboxylic acids is 1. The Morgan fingerprint density at radius 1 is 1.21 bits per heavy atom. The minimum Gasteiger partial charge on any atom is -0.490 e. The number of rotatable bonds is 9. The fourth-order valence-electron chi connectivity index (χ4n) is 2.05. The standard InChI is InChI=1S/C19H23NO4/c1-3-11-24-17-9-7-15(13-18(17)22-4-2)8-10-19(21)20-14-16-6-5-12-23-16/h5-10,12-13H,3-4,11,14H2,1-2H3,(H,20,21). The maximum absolute atomic E-state index is 11.8. The molecule has 1 heterocycles. The topological polar surface area (TPSA) is 60.7 Å². The van der Waals surface area contributed by atoms with E-state index in [1.54, 1.807) is 18.4 Å². The van der Waals surface area contributed by atoms with Crippen molar-refractivity contribution in [2.45, 2.75) is 26.8 Å². The molecule has 0 unspecified atom stereocenters. The van der Waals surface area contributed by atoms with Crippen LogP contribution in [-0.2, 0) is 11.3 Å². The van der Waals surface area contributed by atoms with Crippen LogP contribution in [0, 0.1) is 0 Å². The smallest absolute Gasteiger partial charge is 0.244 e. The quantitative estimate of drug-likeness (QED) is 0.711. The molecule has 1 amide bonds. The first kappa shape index (κ1) is 17.7. The number of nitrogens with one attached hydrogen (secondary N) is 1.